The third-order valence-electron chi connectivity index (χ3n) is 5.87. The number of hydrogen-bond acceptors (Lipinski definition) is 5. The van der Waals surface area contributed by atoms with Crippen molar-refractivity contribution in [3.8, 4) is 6.07 Å². The number of nitrogens with one attached hydrogen (secondary N) is 2. The number of halogens is 1. The van der Waals surface area contributed by atoms with E-state index in [1.807, 2.05) is 0 Å². The Balaban J connectivity index is 1.51. The van der Waals surface area contributed by atoms with Crippen LogP contribution in [0.3, 0.4) is 0 Å². The molecule has 1 aliphatic heterocycles. The maximum absolute atomic E-state index is 13.0. The molecule has 4 amide bonds. The summed E-state index contributed by atoms with van der Waals surface area (Å²) in [6, 6.07) is 8.17. The van der Waals surface area contributed by atoms with Crippen LogP contribution in [0.4, 0.5) is 9.80 Å². The number of rotatable bonds is 4. The first-order valence-electron chi connectivity index (χ1n) is 9.97. The summed E-state index contributed by atoms with van der Waals surface area (Å²) in [5.41, 5.74) is 0.789. The molecule has 0 saturated carbocycles. The highest BCUT2D eigenvalue weighted by molar-refractivity contribution is 7.16. The highest BCUT2D eigenvalue weighted by Crippen LogP contribution is 2.39. The summed E-state index contributed by atoms with van der Waals surface area (Å²) < 4.78 is 0. The quantitative estimate of drug-likeness (QED) is 0.683. The topological polar surface area (TPSA) is 102 Å². The molecule has 0 bridgehead atoms. The number of fused-ring (bicyclic) bond motifs is 1. The Hall–Kier alpha value is -2.89. The second kappa shape index (κ2) is 7.98. The van der Waals surface area contributed by atoms with Gasteiger partial charge in [-0.05, 0) is 55.4 Å². The van der Waals surface area contributed by atoms with Crippen LogP contribution < -0.4 is 10.6 Å². The van der Waals surface area contributed by atoms with Gasteiger partial charge in [0.15, 0.2) is 0 Å². The molecular weight excluding hydrogens is 436 g/mol. The molecule has 2 aliphatic rings. The van der Waals surface area contributed by atoms with Crippen LogP contribution in [0.1, 0.15) is 41.8 Å². The van der Waals surface area contributed by atoms with E-state index in [4.69, 9.17) is 11.6 Å². The molecule has 9 heteroatoms. The molecule has 1 aromatic heterocycles. The zero-order valence-corrected chi connectivity index (χ0v) is 18.7. The number of nitrogens with zero attached hydrogens (tertiary/aromatic N) is 2. The zero-order chi connectivity index (χ0) is 22.3. The lowest BCUT2D eigenvalue weighted by Gasteiger charge is -2.22. The van der Waals surface area contributed by atoms with Crippen LogP contribution in [0.5, 0.6) is 0 Å². The Morgan fingerprint density at radius 3 is 2.77 bits per heavy atom. The first kappa shape index (κ1) is 21.3. The molecule has 0 radical (unpaired) electrons. The lowest BCUT2D eigenvalue weighted by atomic mass is 9.89. The van der Waals surface area contributed by atoms with Gasteiger partial charge in [0.05, 0.1) is 5.56 Å². The summed E-state index contributed by atoms with van der Waals surface area (Å²) >= 11 is 7.32. The summed E-state index contributed by atoms with van der Waals surface area (Å²) in [6.07, 6.45) is 2.72. The summed E-state index contributed by atoms with van der Waals surface area (Å²) in [5.74, 6) is -0.500. The van der Waals surface area contributed by atoms with Crippen LogP contribution in [0.15, 0.2) is 24.3 Å². The van der Waals surface area contributed by atoms with Gasteiger partial charge in [0.2, 0.25) is 5.91 Å². The molecule has 0 spiro atoms. The van der Waals surface area contributed by atoms with E-state index in [2.05, 4.69) is 23.6 Å². The number of carbonyl (C=O) groups is 3. The SMILES string of the molecule is C[C@@H]1CCc2c(sc(NC(=O)CN3C(=O)N[C@@](C)(c4ccc(Cl)cc4)C3=O)c2C#N)C1. The average molecular weight is 457 g/mol. The maximum atomic E-state index is 13.0. The van der Waals surface area contributed by atoms with Gasteiger partial charge < -0.3 is 10.6 Å². The second-order valence-electron chi connectivity index (χ2n) is 8.17. The first-order chi connectivity index (χ1) is 14.7. The van der Waals surface area contributed by atoms with Crippen molar-refractivity contribution in [2.45, 2.75) is 38.6 Å². The molecule has 0 unspecified atom stereocenters. The minimum Gasteiger partial charge on any atom is -0.319 e. The van der Waals surface area contributed by atoms with E-state index in [1.165, 1.54) is 11.3 Å². The van der Waals surface area contributed by atoms with Gasteiger partial charge in [-0.15, -0.1) is 11.3 Å². The summed E-state index contributed by atoms with van der Waals surface area (Å²) in [4.78, 5) is 40.2. The molecule has 2 N–H and O–H groups in total. The largest absolute Gasteiger partial charge is 0.325 e. The van der Waals surface area contributed by atoms with Crippen LogP contribution in [0.2, 0.25) is 5.02 Å². The fraction of sp³-hybridized carbons (Fsp3) is 0.364. The van der Waals surface area contributed by atoms with Crippen molar-refractivity contribution in [2.24, 2.45) is 5.92 Å². The molecule has 4 rings (SSSR count). The molecular formula is C22H21ClN4O3S. The van der Waals surface area contributed by atoms with E-state index in [1.54, 1.807) is 31.2 Å². The standard InChI is InChI=1S/C22H21ClN4O3S/c1-12-3-8-15-16(10-24)19(31-17(15)9-12)25-18(28)11-27-20(29)22(2,26-21(27)30)13-4-6-14(23)7-5-13/h4-7,12H,3,8-9,11H2,1-2H3,(H,25,28)(H,26,30)/t12-,22+/m1/s1. The lowest BCUT2D eigenvalue weighted by molar-refractivity contribution is -0.133. The van der Waals surface area contributed by atoms with Gasteiger partial charge >= 0.3 is 6.03 Å². The van der Waals surface area contributed by atoms with Crippen molar-refractivity contribution in [3.05, 3.63) is 50.9 Å². The molecule has 31 heavy (non-hydrogen) atoms. The monoisotopic (exact) mass is 456 g/mol. The summed E-state index contributed by atoms with van der Waals surface area (Å²) in [5, 5.41) is 16.0. The Kier molecular flexibility index (Phi) is 5.50. The third-order valence-corrected chi connectivity index (χ3v) is 7.30. The molecule has 1 aromatic carbocycles. The zero-order valence-electron chi connectivity index (χ0n) is 17.1. The van der Waals surface area contributed by atoms with Crippen molar-refractivity contribution in [3.63, 3.8) is 0 Å². The van der Waals surface area contributed by atoms with E-state index >= 15 is 0 Å². The fourth-order valence-corrected chi connectivity index (χ4v) is 5.59. The Morgan fingerprint density at radius 2 is 2.10 bits per heavy atom. The van der Waals surface area contributed by atoms with Crippen LogP contribution in [0, 0.1) is 17.2 Å². The Morgan fingerprint density at radius 1 is 1.39 bits per heavy atom. The average Bonchev–Trinajstić information content (AvgIpc) is 3.17. The van der Waals surface area contributed by atoms with E-state index in [0.717, 1.165) is 34.6 Å². The second-order valence-corrected chi connectivity index (χ2v) is 9.71. The van der Waals surface area contributed by atoms with E-state index in [-0.39, 0.29) is 0 Å². The van der Waals surface area contributed by atoms with E-state index in [9.17, 15) is 19.6 Å². The van der Waals surface area contributed by atoms with Crippen LogP contribution in [0.25, 0.3) is 0 Å². The number of hydrogen-bond donors (Lipinski definition) is 2. The number of imide groups is 1. The minimum atomic E-state index is -1.28. The van der Waals surface area contributed by atoms with Gasteiger partial charge in [-0.3, -0.25) is 14.5 Å². The Labute approximate surface area is 189 Å². The van der Waals surface area contributed by atoms with Crippen molar-refractivity contribution < 1.29 is 14.4 Å². The third kappa shape index (κ3) is 3.80. The van der Waals surface area contributed by atoms with Gasteiger partial charge in [0, 0.05) is 9.90 Å². The lowest BCUT2D eigenvalue weighted by Crippen LogP contribution is -2.42. The number of thiophene rings is 1. The minimum absolute atomic E-state index is 0.433. The molecule has 160 valence electrons. The van der Waals surface area contributed by atoms with Crippen molar-refractivity contribution in [1.29, 1.82) is 5.26 Å². The predicted octanol–water partition coefficient (Wildman–Crippen LogP) is 3.80. The van der Waals surface area contributed by atoms with Crippen molar-refractivity contribution >= 4 is 45.8 Å². The van der Waals surface area contributed by atoms with Gasteiger partial charge in [-0.2, -0.15) is 5.26 Å². The van der Waals surface area contributed by atoms with Gasteiger partial charge in [0.25, 0.3) is 5.91 Å². The highest BCUT2D eigenvalue weighted by Gasteiger charge is 2.49. The first-order valence-corrected chi connectivity index (χ1v) is 11.2. The number of carbonyl (C=O) groups excluding carboxylic acids is 3. The van der Waals surface area contributed by atoms with Gasteiger partial charge in [-0.1, -0.05) is 30.7 Å². The predicted molar refractivity (Wildman–Crippen MR) is 118 cm³/mol. The number of anilines is 1. The molecule has 1 fully saturated rings. The van der Waals surface area contributed by atoms with Gasteiger partial charge in [-0.25, -0.2) is 4.79 Å². The number of urea groups is 1. The molecule has 2 heterocycles. The summed E-state index contributed by atoms with van der Waals surface area (Å²) in [6.45, 7) is 3.33. The Bertz CT molecular complexity index is 1120. The molecule has 1 aliphatic carbocycles. The number of amides is 4. The van der Waals surface area contributed by atoms with Gasteiger partial charge in [0.1, 0.15) is 23.2 Å². The van der Waals surface area contributed by atoms with E-state index < -0.39 is 29.9 Å². The van der Waals surface area contributed by atoms with Crippen molar-refractivity contribution in [1.82, 2.24) is 10.2 Å². The molecule has 2 atom stereocenters. The maximum Gasteiger partial charge on any atom is 0.325 e. The van der Waals surface area contributed by atoms with E-state index in [0.29, 0.717) is 27.1 Å². The molecule has 2 aromatic rings. The molecule has 7 nitrogen and oxygen atoms in total. The number of nitriles is 1. The summed E-state index contributed by atoms with van der Waals surface area (Å²) in [7, 11) is 0. The fourth-order valence-electron chi connectivity index (χ4n) is 4.09. The van der Waals surface area contributed by atoms with Crippen LogP contribution in [-0.2, 0) is 28.0 Å². The normalized spacial score (nSPS) is 22.6. The van der Waals surface area contributed by atoms with Crippen LogP contribution in [-0.4, -0.2) is 29.3 Å². The number of benzene rings is 1. The smallest absolute Gasteiger partial charge is 0.319 e. The molecule has 1 saturated heterocycles. The highest BCUT2D eigenvalue weighted by atomic mass is 35.5. The van der Waals surface area contributed by atoms with Crippen molar-refractivity contribution in [2.75, 3.05) is 11.9 Å². The van der Waals surface area contributed by atoms with Crippen LogP contribution >= 0.6 is 22.9 Å².